The molecule has 7 rings (SSSR count). The first-order valence-corrected chi connectivity index (χ1v) is 14.1. The van der Waals surface area contributed by atoms with E-state index in [1.165, 1.54) is 53.3 Å². The molecule has 0 bridgehead atoms. The van der Waals surface area contributed by atoms with Gasteiger partial charge in [0.25, 0.3) is 0 Å². The summed E-state index contributed by atoms with van der Waals surface area (Å²) < 4.78 is 6.47. The monoisotopic (exact) mass is 535 g/mol. The van der Waals surface area contributed by atoms with E-state index in [2.05, 4.69) is 136 Å². The second kappa shape index (κ2) is 8.06. The lowest BCUT2D eigenvalue weighted by Gasteiger charge is -2.40. The molecule has 0 radical (unpaired) electrons. The fraction of sp³-hybridized carbons (Fsp3) is 0. The largest absolute Gasteiger partial charge is 0.311 e. The van der Waals surface area contributed by atoms with E-state index >= 15 is 0 Å². The van der Waals surface area contributed by atoms with Crippen LogP contribution in [0.15, 0.2) is 120 Å². The summed E-state index contributed by atoms with van der Waals surface area (Å²) in [6.45, 7) is 0. The molecule has 0 aliphatic carbocycles. The molecule has 1 aliphatic heterocycles. The van der Waals surface area contributed by atoms with Crippen LogP contribution >= 0.6 is 35.3 Å². The van der Waals surface area contributed by atoms with Gasteiger partial charge in [0.05, 0.1) is 13.8 Å². The van der Waals surface area contributed by atoms with E-state index in [-0.39, 0.29) is 0 Å². The third-order valence-electron chi connectivity index (χ3n) is 6.43. The predicted molar refractivity (Wildman–Crippen MR) is 154 cm³/mol. The van der Waals surface area contributed by atoms with Gasteiger partial charge in [-0.05, 0) is 30.3 Å². The van der Waals surface area contributed by atoms with Gasteiger partial charge in [0, 0.05) is 52.1 Å². The Hall–Kier alpha value is -2.97. The Kier molecular flexibility index (Phi) is 4.84. The Morgan fingerprint density at radius 1 is 0.618 bits per heavy atom. The first-order chi connectivity index (χ1) is 16.8. The minimum absolute atomic E-state index is 0.848. The van der Waals surface area contributed by atoms with Crippen LogP contribution in [-0.4, -0.2) is 0 Å². The highest BCUT2D eigenvalue weighted by Gasteiger charge is 2.35. The van der Waals surface area contributed by atoms with E-state index in [0.29, 0.717) is 0 Å². The smallest absolute Gasteiger partial charge is 0.0619 e. The molecule has 6 aromatic rings. The van der Waals surface area contributed by atoms with Crippen LogP contribution in [0.1, 0.15) is 0 Å². The van der Waals surface area contributed by atoms with Gasteiger partial charge in [-0.15, -0.1) is 11.3 Å². The number of anilines is 2. The highest BCUT2D eigenvalue weighted by Crippen LogP contribution is 2.58. The van der Waals surface area contributed by atoms with Crippen molar-refractivity contribution < 1.29 is 0 Å². The maximum Gasteiger partial charge on any atom is 0.0619 e. The molecule has 2 heterocycles. The molecule has 1 nitrogen and oxygen atoms in total. The minimum atomic E-state index is -0.848. The van der Waals surface area contributed by atoms with Crippen molar-refractivity contribution in [3.8, 4) is 11.1 Å². The first kappa shape index (κ1) is 20.4. The van der Waals surface area contributed by atoms with Crippen LogP contribution in [0.2, 0.25) is 0 Å². The Morgan fingerprint density at radius 3 is 2.24 bits per heavy atom. The standard InChI is InChI=1S/C30H19BrNPS/c31-24-15-9-17-26-29(24)23-13-4-6-16-25(23)32(20-10-2-1-3-11-20)33(26)27-18-8-14-22-21-12-5-7-19-28(21)34-30(22)27/h1-19H. The normalized spacial score (nSPS) is 14.9. The van der Waals surface area contributed by atoms with Crippen molar-refractivity contribution in [3.63, 3.8) is 0 Å². The number of fused-ring (bicyclic) bond motifs is 6. The predicted octanol–water partition coefficient (Wildman–Crippen LogP) is 8.98. The van der Waals surface area contributed by atoms with Gasteiger partial charge >= 0.3 is 0 Å². The Morgan fingerprint density at radius 2 is 1.32 bits per heavy atom. The summed E-state index contributed by atoms with van der Waals surface area (Å²) >= 11 is 5.82. The van der Waals surface area contributed by atoms with Crippen LogP contribution in [0.25, 0.3) is 31.3 Å². The number of hydrogen-bond acceptors (Lipinski definition) is 2. The van der Waals surface area contributed by atoms with Gasteiger partial charge in [-0.2, -0.15) is 0 Å². The molecule has 1 aromatic heterocycles. The summed E-state index contributed by atoms with van der Waals surface area (Å²) in [5, 5.41) is 5.49. The number of nitrogens with zero attached hydrogens (tertiary/aromatic N) is 1. The van der Waals surface area contributed by atoms with Crippen LogP contribution in [0.4, 0.5) is 11.4 Å². The fourth-order valence-corrected chi connectivity index (χ4v) is 9.91. The van der Waals surface area contributed by atoms with Crippen LogP contribution in [0.3, 0.4) is 0 Å². The lowest BCUT2D eigenvalue weighted by atomic mass is 10.0. The first-order valence-electron chi connectivity index (χ1n) is 11.2. The Balaban J connectivity index is 1.60. The second-order valence-electron chi connectivity index (χ2n) is 8.36. The average molecular weight is 536 g/mol. The highest BCUT2D eigenvalue weighted by atomic mass is 79.9. The van der Waals surface area contributed by atoms with E-state index in [9.17, 15) is 0 Å². The quantitative estimate of drug-likeness (QED) is 0.200. The highest BCUT2D eigenvalue weighted by molar-refractivity contribution is 9.10. The second-order valence-corrected chi connectivity index (χ2v) is 12.3. The SMILES string of the molecule is Brc1cccc2c1-c1ccccc1N(c1ccccc1)P2c1cccc2c1sc1ccccc12. The van der Waals surface area contributed by atoms with Crippen molar-refractivity contribution in [2.24, 2.45) is 0 Å². The van der Waals surface area contributed by atoms with Gasteiger partial charge < -0.3 is 4.67 Å². The molecule has 0 spiro atoms. The van der Waals surface area contributed by atoms with Gasteiger partial charge in [0.1, 0.15) is 0 Å². The Labute approximate surface area is 212 Å². The van der Waals surface area contributed by atoms with Gasteiger partial charge in [-0.25, -0.2) is 0 Å². The summed E-state index contributed by atoms with van der Waals surface area (Å²) in [4.78, 5) is 0. The van der Waals surface area contributed by atoms with Crippen molar-refractivity contribution in [1.29, 1.82) is 0 Å². The summed E-state index contributed by atoms with van der Waals surface area (Å²) in [6.07, 6.45) is 0. The van der Waals surface area contributed by atoms with Crippen molar-refractivity contribution >= 4 is 77.5 Å². The van der Waals surface area contributed by atoms with E-state index in [4.69, 9.17) is 0 Å². The van der Waals surface area contributed by atoms with Gasteiger partial charge in [0.15, 0.2) is 0 Å². The fourth-order valence-electron chi connectivity index (χ4n) is 5.00. The van der Waals surface area contributed by atoms with Crippen molar-refractivity contribution in [1.82, 2.24) is 0 Å². The maximum absolute atomic E-state index is 3.90. The zero-order valence-electron chi connectivity index (χ0n) is 18.2. The van der Waals surface area contributed by atoms with Crippen molar-refractivity contribution in [2.75, 3.05) is 4.67 Å². The summed E-state index contributed by atoms with van der Waals surface area (Å²) in [7, 11) is -0.848. The Bertz CT molecular complexity index is 1690. The van der Waals surface area contributed by atoms with E-state index in [0.717, 1.165) is 4.47 Å². The van der Waals surface area contributed by atoms with E-state index in [1.807, 2.05) is 11.3 Å². The number of halogens is 1. The van der Waals surface area contributed by atoms with Gasteiger partial charge in [-0.3, -0.25) is 0 Å². The van der Waals surface area contributed by atoms with Crippen LogP contribution in [0, 0.1) is 0 Å². The molecule has 0 saturated heterocycles. The number of thiophene rings is 1. The number of hydrogen-bond donors (Lipinski definition) is 0. The molecular formula is C30H19BrNPS. The molecule has 162 valence electrons. The molecule has 0 N–H and O–H groups in total. The lowest BCUT2D eigenvalue weighted by Crippen LogP contribution is -2.30. The third-order valence-corrected chi connectivity index (χ3v) is 11.0. The summed E-state index contributed by atoms with van der Waals surface area (Å²) in [5.41, 5.74) is 5.08. The van der Waals surface area contributed by atoms with Gasteiger partial charge in [-0.1, -0.05) is 101 Å². The molecule has 0 amide bonds. The molecular weight excluding hydrogens is 517 g/mol. The molecule has 5 aromatic carbocycles. The van der Waals surface area contributed by atoms with Crippen LogP contribution < -0.4 is 15.3 Å². The minimum Gasteiger partial charge on any atom is -0.311 e. The van der Waals surface area contributed by atoms with E-state index < -0.39 is 8.07 Å². The zero-order chi connectivity index (χ0) is 22.6. The van der Waals surface area contributed by atoms with Crippen LogP contribution in [-0.2, 0) is 0 Å². The molecule has 0 fully saturated rings. The average Bonchev–Trinajstić information content (AvgIpc) is 3.27. The molecule has 1 atom stereocenters. The van der Waals surface area contributed by atoms with Crippen molar-refractivity contribution in [2.45, 2.75) is 0 Å². The molecule has 1 unspecified atom stereocenters. The molecule has 0 saturated carbocycles. The summed E-state index contributed by atoms with van der Waals surface area (Å²) in [6, 6.07) is 42.0. The molecule has 1 aliphatic rings. The third kappa shape index (κ3) is 3.01. The molecule has 34 heavy (non-hydrogen) atoms. The molecule has 4 heteroatoms. The number of para-hydroxylation sites is 2. The van der Waals surface area contributed by atoms with E-state index in [1.54, 1.807) is 0 Å². The summed E-state index contributed by atoms with van der Waals surface area (Å²) in [5.74, 6) is 0. The topological polar surface area (TPSA) is 3.24 Å². The maximum atomic E-state index is 3.90. The lowest BCUT2D eigenvalue weighted by molar-refractivity contribution is 1.40. The number of benzene rings is 5. The zero-order valence-corrected chi connectivity index (χ0v) is 21.4. The number of rotatable bonds is 2. The van der Waals surface area contributed by atoms with Crippen LogP contribution in [0.5, 0.6) is 0 Å². The van der Waals surface area contributed by atoms with Crippen molar-refractivity contribution in [3.05, 3.63) is 120 Å². The van der Waals surface area contributed by atoms with Gasteiger partial charge in [0.2, 0.25) is 0 Å².